The number of hydrogen-bond donors (Lipinski definition) is 0. The van der Waals surface area contributed by atoms with E-state index in [1.54, 1.807) is 0 Å². The largest absolute Gasteiger partial charge is 0.313 e. The van der Waals surface area contributed by atoms with Crippen LogP contribution in [0.3, 0.4) is 0 Å². The second-order valence-corrected chi connectivity index (χ2v) is 12.6. The zero-order chi connectivity index (χ0) is 31.5. The zero-order valence-corrected chi connectivity index (χ0v) is 26.1. The van der Waals surface area contributed by atoms with Crippen molar-refractivity contribution in [2.75, 3.05) is 0 Å². The molecule has 0 radical (unpaired) electrons. The number of para-hydroxylation sites is 2. The van der Waals surface area contributed by atoms with E-state index >= 15 is 0 Å². The number of rotatable bonds is 4. The highest BCUT2D eigenvalue weighted by Gasteiger charge is 2.18. The van der Waals surface area contributed by atoms with Gasteiger partial charge in [0.25, 0.3) is 0 Å². The molecule has 2 heterocycles. The van der Waals surface area contributed by atoms with Gasteiger partial charge in [0.15, 0.2) is 0 Å². The van der Waals surface area contributed by atoms with Crippen molar-refractivity contribution in [1.82, 2.24) is 9.13 Å². The Morgan fingerprint density at radius 3 is 1.85 bits per heavy atom. The van der Waals surface area contributed by atoms with Crippen LogP contribution >= 0.6 is 0 Å². The standard InChI is InChI=1S/C44H31N3/c1-29-7-6-8-36(25-29)47-42-12-5-3-10-38(42)40-26-33(20-24-43(40)47)34-19-23-39-37-9-2-4-11-41(37)46(44(39)27-34)35-21-17-32(18-22-35)31-15-13-30(28-45)14-16-31/h2-24,26-27,29H,25H2,1H3. The van der Waals surface area contributed by atoms with Crippen LogP contribution in [0.15, 0.2) is 152 Å². The number of fused-ring (bicyclic) bond motifs is 6. The molecule has 1 aliphatic rings. The summed E-state index contributed by atoms with van der Waals surface area (Å²) in [6.45, 7) is 2.29. The lowest BCUT2D eigenvalue weighted by Crippen LogP contribution is -2.04. The highest BCUT2D eigenvalue weighted by molar-refractivity contribution is 6.13. The summed E-state index contributed by atoms with van der Waals surface area (Å²) in [5.41, 5.74) is 12.6. The third kappa shape index (κ3) is 4.42. The molecule has 0 amide bonds. The highest BCUT2D eigenvalue weighted by Crippen LogP contribution is 2.39. The molecule has 1 unspecified atom stereocenters. The lowest BCUT2D eigenvalue weighted by Gasteiger charge is -2.18. The minimum atomic E-state index is 0.524. The predicted octanol–water partition coefficient (Wildman–Crippen LogP) is 11.5. The van der Waals surface area contributed by atoms with E-state index in [9.17, 15) is 5.26 Å². The molecule has 1 atom stereocenters. The summed E-state index contributed by atoms with van der Waals surface area (Å²) in [4.78, 5) is 0. The number of allylic oxidation sites excluding steroid dienone is 4. The Kier molecular flexibility index (Phi) is 6.23. The van der Waals surface area contributed by atoms with E-state index in [4.69, 9.17) is 0 Å². The molecule has 0 spiro atoms. The second-order valence-electron chi connectivity index (χ2n) is 12.6. The van der Waals surface area contributed by atoms with Gasteiger partial charge in [0.1, 0.15) is 0 Å². The van der Waals surface area contributed by atoms with Gasteiger partial charge < -0.3 is 9.13 Å². The minimum Gasteiger partial charge on any atom is -0.313 e. The van der Waals surface area contributed by atoms with E-state index < -0.39 is 0 Å². The smallest absolute Gasteiger partial charge is 0.0991 e. The maximum atomic E-state index is 9.20. The van der Waals surface area contributed by atoms with Crippen LogP contribution in [-0.2, 0) is 0 Å². The van der Waals surface area contributed by atoms with E-state index in [0.29, 0.717) is 11.5 Å². The molecule has 3 heteroatoms. The van der Waals surface area contributed by atoms with Gasteiger partial charge in [-0.1, -0.05) is 97.9 Å². The fourth-order valence-electron chi connectivity index (χ4n) is 7.42. The Morgan fingerprint density at radius 2 is 1.13 bits per heavy atom. The van der Waals surface area contributed by atoms with E-state index in [2.05, 4.69) is 150 Å². The molecule has 0 bridgehead atoms. The summed E-state index contributed by atoms with van der Waals surface area (Å²) in [6.07, 6.45) is 7.78. The number of nitriles is 1. The molecule has 0 saturated carbocycles. The first-order chi connectivity index (χ1) is 23.2. The van der Waals surface area contributed by atoms with Crippen molar-refractivity contribution >= 4 is 49.3 Å². The third-order valence-corrected chi connectivity index (χ3v) is 9.70. The Hall–Kier alpha value is -6.11. The molecule has 0 fully saturated rings. The molecule has 3 nitrogen and oxygen atoms in total. The first kappa shape index (κ1) is 27.2. The van der Waals surface area contributed by atoms with Gasteiger partial charge in [0.05, 0.1) is 33.7 Å². The van der Waals surface area contributed by atoms with Crippen molar-refractivity contribution in [3.05, 3.63) is 157 Å². The van der Waals surface area contributed by atoms with Crippen molar-refractivity contribution in [2.24, 2.45) is 5.92 Å². The van der Waals surface area contributed by atoms with Gasteiger partial charge in [-0.05, 0) is 95.3 Å². The molecule has 0 saturated heterocycles. The molecular formula is C44H31N3. The molecule has 2 aromatic heterocycles. The molecule has 6 aromatic carbocycles. The first-order valence-corrected chi connectivity index (χ1v) is 16.2. The van der Waals surface area contributed by atoms with Gasteiger partial charge in [-0.25, -0.2) is 0 Å². The summed E-state index contributed by atoms with van der Waals surface area (Å²) < 4.78 is 4.84. The molecular weight excluding hydrogens is 571 g/mol. The highest BCUT2D eigenvalue weighted by atomic mass is 15.0. The van der Waals surface area contributed by atoms with E-state index in [1.165, 1.54) is 60.4 Å². The van der Waals surface area contributed by atoms with Crippen LogP contribution < -0.4 is 0 Å². The Morgan fingerprint density at radius 1 is 0.553 bits per heavy atom. The van der Waals surface area contributed by atoms with Crippen LogP contribution in [0.4, 0.5) is 0 Å². The number of hydrogen-bond acceptors (Lipinski definition) is 1. The van der Waals surface area contributed by atoms with Crippen LogP contribution in [0.25, 0.3) is 77.2 Å². The average molecular weight is 602 g/mol. The summed E-state index contributed by atoms with van der Waals surface area (Å²) in [7, 11) is 0. The van der Waals surface area contributed by atoms with E-state index in [1.807, 2.05) is 24.3 Å². The Labute approximate surface area is 273 Å². The van der Waals surface area contributed by atoms with Gasteiger partial charge in [0, 0.05) is 32.9 Å². The average Bonchev–Trinajstić information content (AvgIpc) is 3.64. The molecule has 8 aromatic rings. The molecule has 1 aliphatic carbocycles. The first-order valence-electron chi connectivity index (χ1n) is 16.2. The quantitative estimate of drug-likeness (QED) is 0.198. The number of nitrogens with zero attached hydrogens (tertiary/aromatic N) is 3. The van der Waals surface area contributed by atoms with E-state index in [-0.39, 0.29) is 0 Å². The van der Waals surface area contributed by atoms with Crippen molar-refractivity contribution < 1.29 is 0 Å². The Balaban J connectivity index is 1.19. The SMILES string of the molecule is CC1C=CC=C(n2c3ccccc3c3cc(-c4ccc5c6ccccc6n(-c6ccc(-c7ccc(C#N)cc7)cc6)c5c4)ccc32)C1. The fourth-order valence-corrected chi connectivity index (χ4v) is 7.42. The van der Waals surface area contributed by atoms with Crippen molar-refractivity contribution in [1.29, 1.82) is 5.26 Å². The van der Waals surface area contributed by atoms with Crippen LogP contribution in [-0.4, -0.2) is 9.13 Å². The number of aromatic nitrogens is 2. The van der Waals surface area contributed by atoms with Crippen LogP contribution in [0.5, 0.6) is 0 Å². The molecule has 0 aliphatic heterocycles. The van der Waals surface area contributed by atoms with Crippen LogP contribution in [0.2, 0.25) is 0 Å². The minimum absolute atomic E-state index is 0.524. The van der Waals surface area contributed by atoms with Crippen LogP contribution in [0, 0.1) is 17.2 Å². The van der Waals surface area contributed by atoms with Gasteiger partial charge in [-0.2, -0.15) is 5.26 Å². The predicted molar refractivity (Wildman–Crippen MR) is 197 cm³/mol. The maximum absolute atomic E-state index is 9.20. The van der Waals surface area contributed by atoms with Crippen LogP contribution in [0.1, 0.15) is 18.9 Å². The lowest BCUT2D eigenvalue weighted by atomic mass is 10.00. The molecule has 47 heavy (non-hydrogen) atoms. The summed E-state index contributed by atoms with van der Waals surface area (Å²) in [6, 6.07) is 50.0. The van der Waals surface area contributed by atoms with Crippen molar-refractivity contribution in [3.63, 3.8) is 0 Å². The normalized spacial score (nSPS) is 14.6. The molecule has 0 N–H and O–H groups in total. The van der Waals surface area contributed by atoms with Gasteiger partial charge in [-0.3, -0.25) is 0 Å². The fraction of sp³-hybridized carbons (Fsp3) is 0.0682. The van der Waals surface area contributed by atoms with Crippen molar-refractivity contribution in [2.45, 2.75) is 13.3 Å². The van der Waals surface area contributed by atoms with Crippen molar-refractivity contribution in [3.8, 4) is 34.0 Å². The van der Waals surface area contributed by atoms with Gasteiger partial charge in [-0.15, -0.1) is 0 Å². The Bertz CT molecular complexity index is 2600. The third-order valence-electron chi connectivity index (χ3n) is 9.70. The zero-order valence-electron chi connectivity index (χ0n) is 26.1. The topological polar surface area (TPSA) is 33.6 Å². The lowest BCUT2D eigenvalue weighted by molar-refractivity contribution is 0.730. The summed E-state index contributed by atoms with van der Waals surface area (Å²) >= 11 is 0. The monoisotopic (exact) mass is 601 g/mol. The maximum Gasteiger partial charge on any atom is 0.0991 e. The second kappa shape index (κ2) is 10.8. The van der Waals surface area contributed by atoms with E-state index in [0.717, 1.165) is 23.2 Å². The summed E-state index contributed by atoms with van der Waals surface area (Å²) in [5.74, 6) is 0.524. The molecule has 222 valence electrons. The van der Waals surface area contributed by atoms with Gasteiger partial charge in [0.2, 0.25) is 0 Å². The summed E-state index contributed by atoms with van der Waals surface area (Å²) in [5, 5.41) is 14.2. The van der Waals surface area contributed by atoms with Gasteiger partial charge >= 0.3 is 0 Å². The number of benzene rings is 6. The molecule has 9 rings (SSSR count).